The highest BCUT2D eigenvalue weighted by Crippen LogP contribution is 2.16. The number of furan rings is 1. The van der Waals surface area contributed by atoms with Crippen molar-refractivity contribution in [3.05, 3.63) is 35.2 Å². The number of amides is 3. The summed E-state index contributed by atoms with van der Waals surface area (Å²) in [5.41, 5.74) is 0.592. The predicted molar refractivity (Wildman–Crippen MR) is 118 cm³/mol. The average molecular weight is 451 g/mol. The van der Waals surface area contributed by atoms with Crippen molar-refractivity contribution >= 4 is 34.2 Å². The van der Waals surface area contributed by atoms with E-state index in [-0.39, 0.29) is 37.8 Å². The first kappa shape index (κ1) is 24.5. The van der Waals surface area contributed by atoms with E-state index in [0.29, 0.717) is 17.4 Å². The first-order valence-corrected chi connectivity index (χ1v) is 11.2. The van der Waals surface area contributed by atoms with Gasteiger partial charge in [0.05, 0.1) is 25.0 Å². The summed E-state index contributed by atoms with van der Waals surface area (Å²) < 4.78 is 10.2. The van der Waals surface area contributed by atoms with Gasteiger partial charge in [-0.1, -0.05) is 26.2 Å². The largest absolute Gasteiger partial charge is 0.459 e. The van der Waals surface area contributed by atoms with Gasteiger partial charge in [-0.15, -0.1) is 11.3 Å². The molecule has 2 rings (SSSR count). The van der Waals surface area contributed by atoms with Gasteiger partial charge >= 0.3 is 0 Å². The highest BCUT2D eigenvalue weighted by Gasteiger charge is 2.21. The van der Waals surface area contributed by atoms with Crippen molar-refractivity contribution in [1.29, 1.82) is 0 Å². The molecule has 2 aromatic rings. The van der Waals surface area contributed by atoms with E-state index in [0.717, 1.165) is 19.3 Å². The zero-order valence-corrected chi connectivity index (χ0v) is 18.8. The number of carbonyl (C=O) groups is 3. The number of aromatic nitrogens is 1. The van der Waals surface area contributed by atoms with Crippen LogP contribution in [0.5, 0.6) is 0 Å². The Hall–Kier alpha value is -2.72. The molecule has 0 unspecified atom stereocenters. The van der Waals surface area contributed by atoms with Crippen LogP contribution in [0.1, 0.15) is 48.9 Å². The Morgan fingerprint density at radius 3 is 2.77 bits per heavy atom. The van der Waals surface area contributed by atoms with E-state index in [4.69, 9.17) is 9.15 Å². The van der Waals surface area contributed by atoms with Crippen LogP contribution in [0.25, 0.3) is 0 Å². The van der Waals surface area contributed by atoms with Gasteiger partial charge in [-0.3, -0.25) is 14.4 Å². The van der Waals surface area contributed by atoms with Crippen molar-refractivity contribution in [2.75, 3.05) is 38.7 Å². The third kappa shape index (κ3) is 8.89. The molecule has 9 nitrogen and oxygen atoms in total. The summed E-state index contributed by atoms with van der Waals surface area (Å²) in [5.74, 6) is -0.722. The summed E-state index contributed by atoms with van der Waals surface area (Å²) >= 11 is 1.24. The number of ether oxygens (including phenoxy) is 1. The number of nitrogens with zero attached hydrogens (tertiary/aromatic N) is 2. The molecule has 0 atom stereocenters. The zero-order valence-electron chi connectivity index (χ0n) is 18.0. The van der Waals surface area contributed by atoms with Gasteiger partial charge in [0.25, 0.3) is 5.91 Å². The van der Waals surface area contributed by atoms with Gasteiger partial charge in [-0.25, -0.2) is 4.98 Å². The summed E-state index contributed by atoms with van der Waals surface area (Å²) in [6.07, 6.45) is 5.96. The Morgan fingerprint density at radius 2 is 2.06 bits per heavy atom. The number of hydrogen-bond donors (Lipinski definition) is 2. The third-order valence-electron chi connectivity index (χ3n) is 4.41. The number of thiazole rings is 1. The molecule has 0 spiro atoms. The van der Waals surface area contributed by atoms with Crippen molar-refractivity contribution in [2.24, 2.45) is 0 Å². The van der Waals surface area contributed by atoms with E-state index in [1.54, 1.807) is 17.5 Å². The van der Waals surface area contributed by atoms with Crippen LogP contribution in [-0.2, 0) is 20.7 Å². The molecule has 10 heteroatoms. The lowest BCUT2D eigenvalue weighted by atomic mass is 10.2. The topological polar surface area (TPSA) is 114 Å². The molecule has 0 aliphatic rings. The van der Waals surface area contributed by atoms with E-state index in [1.165, 1.54) is 36.0 Å². The van der Waals surface area contributed by atoms with Crippen molar-refractivity contribution in [1.82, 2.24) is 15.2 Å². The van der Waals surface area contributed by atoms with Gasteiger partial charge < -0.3 is 24.7 Å². The smallest absolute Gasteiger partial charge is 0.290 e. The van der Waals surface area contributed by atoms with E-state index < -0.39 is 11.8 Å². The minimum Gasteiger partial charge on any atom is -0.459 e. The maximum absolute atomic E-state index is 12.5. The molecule has 0 aliphatic heterocycles. The molecular formula is C21H30N4O5S. The van der Waals surface area contributed by atoms with Gasteiger partial charge in [0.2, 0.25) is 11.8 Å². The number of unbranched alkanes of at least 4 members (excludes halogenated alkanes) is 3. The van der Waals surface area contributed by atoms with Crippen LogP contribution >= 0.6 is 11.3 Å². The highest BCUT2D eigenvalue weighted by molar-refractivity contribution is 7.13. The van der Waals surface area contributed by atoms with Crippen LogP contribution in [0.15, 0.2) is 28.2 Å². The van der Waals surface area contributed by atoms with Gasteiger partial charge in [0.1, 0.15) is 6.54 Å². The summed E-state index contributed by atoms with van der Waals surface area (Å²) in [5, 5.41) is 7.69. The zero-order chi connectivity index (χ0) is 22.5. The standard InChI is InChI=1S/C21H30N4O5S/c1-3-4-5-6-9-22-18(26)13-16-15-31-21(23-16)24-19(27)14-25(10-12-29-2)20(28)17-8-7-11-30-17/h7-8,11,15H,3-6,9-10,12-14H2,1-2H3,(H,22,26)(H,23,24,27). The molecule has 2 heterocycles. The van der Waals surface area contributed by atoms with Gasteiger partial charge in [-0.2, -0.15) is 0 Å². The fraction of sp³-hybridized carbons (Fsp3) is 0.524. The molecule has 0 aliphatic carbocycles. The second kappa shape index (κ2) is 13.6. The predicted octanol–water partition coefficient (Wildman–Crippen LogP) is 2.70. The van der Waals surface area contributed by atoms with Crippen LogP contribution in [0, 0.1) is 0 Å². The second-order valence-corrected chi connectivity index (χ2v) is 7.83. The van der Waals surface area contributed by atoms with Crippen LogP contribution in [0.2, 0.25) is 0 Å². The van der Waals surface area contributed by atoms with E-state index in [2.05, 4.69) is 22.5 Å². The number of rotatable bonds is 14. The average Bonchev–Trinajstić information content (AvgIpc) is 3.43. The number of nitrogens with one attached hydrogen (secondary N) is 2. The second-order valence-electron chi connectivity index (χ2n) is 6.98. The number of methoxy groups -OCH3 is 1. The van der Waals surface area contributed by atoms with E-state index >= 15 is 0 Å². The van der Waals surface area contributed by atoms with Crippen molar-refractivity contribution in [3.8, 4) is 0 Å². The molecule has 0 saturated heterocycles. The highest BCUT2D eigenvalue weighted by atomic mass is 32.1. The minimum atomic E-state index is -0.396. The molecule has 0 aromatic carbocycles. The minimum absolute atomic E-state index is 0.0885. The van der Waals surface area contributed by atoms with Gasteiger partial charge in [-0.05, 0) is 18.6 Å². The normalized spacial score (nSPS) is 10.6. The third-order valence-corrected chi connectivity index (χ3v) is 5.22. The lowest BCUT2D eigenvalue weighted by Gasteiger charge is -2.20. The molecule has 31 heavy (non-hydrogen) atoms. The summed E-state index contributed by atoms with van der Waals surface area (Å²) in [7, 11) is 1.52. The van der Waals surface area contributed by atoms with Crippen molar-refractivity contribution in [3.63, 3.8) is 0 Å². The first-order chi connectivity index (χ1) is 15.0. The number of carbonyl (C=O) groups excluding carboxylic acids is 3. The fourth-order valence-electron chi connectivity index (χ4n) is 2.79. The monoisotopic (exact) mass is 450 g/mol. The molecule has 0 saturated carbocycles. The molecule has 170 valence electrons. The Morgan fingerprint density at radius 1 is 1.23 bits per heavy atom. The maximum atomic E-state index is 12.5. The first-order valence-electron chi connectivity index (χ1n) is 10.4. The molecule has 2 aromatic heterocycles. The van der Waals surface area contributed by atoms with Crippen LogP contribution in [-0.4, -0.2) is 61.0 Å². The summed E-state index contributed by atoms with van der Waals surface area (Å²) in [6.45, 7) is 3.16. The molecule has 0 fully saturated rings. The summed E-state index contributed by atoms with van der Waals surface area (Å²) in [4.78, 5) is 42.6. The Bertz CT molecular complexity index is 822. The lowest BCUT2D eigenvalue weighted by Crippen LogP contribution is -2.39. The molecule has 3 amide bonds. The molecule has 2 N–H and O–H groups in total. The fourth-order valence-corrected chi connectivity index (χ4v) is 3.52. The number of anilines is 1. The van der Waals surface area contributed by atoms with E-state index in [9.17, 15) is 14.4 Å². The van der Waals surface area contributed by atoms with Crippen molar-refractivity contribution < 1.29 is 23.5 Å². The molecule has 0 bridgehead atoms. The van der Waals surface area contributed by atoms with Gasteiger partial charge in [0, 0.05) is 25.6 Å². The van der Waals surface area contributed by atoms with Crippen molar-refractivity contribution in [2.45, 2.75) is 39.0 Å². The van der Waals surface area contributed by atoms with Crippen LogP contribution in [0.4, 0.5) is 5.13 Å². The van der Waals surface area contributed by atoms with E-state index in [1.807, 2.05) is 0 Å². The van der Waals surface area contributed by atoms with Crippen LogP contribution in [0.3, 0.4) is 0 Å². The number of hydrogen-bond acceptors (Lipinski definition) is 7. The van der Waals surface area contributed by atoms with Crippen LogP contribution < -0.4 is 10.6 Å². The Balaban J connectivity index is 1.82. The summed E-state index contributed by atoms with van der Waals surface area (Å²) in [6, 6.07) is 3.16. The Labute approximate surface area is 186 Å². The quantitative estimate of drug-likeness (QED) is 0.428. The lowest BCUT2D eigenvalue weighted by molar-refractivity contribution is -0.120. The Kier molecular flexibility index (Phi) is 10.7. The maximum Gasteiger partial charge on any atom is 0.290 e. The SMILES string of the molecule is CCCCCCNC(=O)Cc1csc(NC(=O)CN(CCOC)C(=O)c2ccco2)n1. The molecule has 0 radical (unpaired) electrons. The molecular weight excluding hydrogens is 420 g/mol. The van der Waals surface area contributed by atoms with Gasteiger partial charge in [0.15, 0.2) is 10.9 Å².